The molecular weight excluding hydrogens is 292 g/mol. The molecule has 0 aliphatic carbocycles. The van der Waals surface area contributed by atoms with Crippen molar-refractivity contribution in [3.63, 3.8) is 0 Å². The molecule has 1 heterocycles. The molecule has 6 heteroatoms. The summed E-state index contributed by atoms with van der Waals surface area (Å²) in [5, 5.41) is 3.22. The first-order valence-corrected chi connectivity index (χ1v) is 7.33. The third-order valence-corrected chi connectivity index (χ3v) is 3.67. The number of rotatable bonds is 3. The van der Waals surface area contributed by atoms with Crippen LogP contribution in [0.4, 0.5) is 0 Å². The van der Waals surface area contributed by atoms with Gasteiger partial charge in [-0.25, -0.2) is 0 Å². The summed E-state index contributed by atoms with van der Waals surface area (Å²) in [4.78, 5) is 25.3. The number of aryl methyl sites for hydroxylation is 1. The molecule has 114 valence electrons. The lowest BCUT2D eigenvalue weighted by molar-refractivity contribution is -0.137. The van der Waals surface area contributed by atoms with Crippen LogP contribution in [0.15, 0.2) is 18.2 Å². The summed E-state index contributed by atoms with van der Waals surface area (Å²) in [5.41, 5.74) is 1.01. The second kappa shape index (κ2) is 6.80. The summed E-state index contributed by atoms with van der Waals surface area (Å²) >= 11 is 6.07. The first-order valence-electron chi connectivity index (χ1n) is 6.95. The van der Waals surface area contributed by atoms with E-state index in [4.69, 9.17) is 16.3 Å². The first kappa shape index (κ1) is 15.6. The van der Waals surface area contributed by atoms with Gasteiger partial charge in [0.2, 0.25) is 5.91 Å². The number of benzene rings is 1. The topological polar surface area (TPSA) is 58.6 Å². The van der Waals surface area contributed by atoms with Gasteiger partial charge in [-0.1, -0.05) is 17.7 Å². The summed E-state index contributed by atoms with van der Waals surface area (Å²) in [5.74, 6) is 0.339. The molecule has 0 radical (unpaired) electrons. The van der Waals surface area contributed by atoms with Crippen molar-refractivity contribution in [3.8, 4) is 5.75 Å². The maximum absolute atomic E-state index is 12.4. The van der Waals surface area contributed by atoms with Crippen LogP contribution in [0.3, 0.4) is 0 Å². The van der Waals surface area contributed by atoms with Gasteiger partial charge in [0.1, 0.15) is 5.75 Å². The molecule has 0 aromatic heterocycles. The Morgan fingerprint density at radius 3 is 2.95 bits per heavy atom. The highest BCUT2D eigenvalue weighted by atomic mass is 35.5. The minimum atomic E-state index is -0.641. The Hall–Kier alpha value is -1.75. The van der Waals surface area contributed by atoms with Gasteiger partial charge < -0.3 is 15.0 Å². The normalized spacial score (nSPS) is 16.9. The molecule has 1 aliphatic heterocycles. The summed E-state index contributed by atoms with van der Waals surface area (Å²) in [6.45, 7) is 5.02. The third kappa shape index (κ3) is 4.11. The van der Waals surface area contributed by atoms with E-state index in [9.17, 15) is 9.59 Å². The minimum Gasteiger partial charge on any atom is -0.479 e. The van der Waals surface area contributed by atoms with Crippen molar-refractivity contribution >= 4 is 23.4 Å². The Labute approximate surface area is 129 Å². The molecule has 2 rings (SSSR count). The predicted molar refractivity (Wildman–Crippen MR) is 80.5 cm³/mol. The first-order chi connectivity index (χ1) is 9.97. The van der Waals surface area contributed by atoms with Crippen molar-refractivity contribution in [2.75, 3.05) is 19.6 Å². The number of carbonyl (C=O) groups is 2. The zero-order chi connectivity index (χ0) is 15.4. The van der Waals surface area contributed by atoms with E-state index in [0.29, 0.717) is 36.8 Å². The van der Waals surface area contributed by atoms with Crippen LogP contribution in [-0.2, 0) is 9.59 Å². The number of hydrogen-bond donors (Lipinski definition) is 1. The van der Waals surface area contributed by atoms with E-state index >= 15 is 0 Å². The molecule has 1 aliphatic rings. The fraction of sp³-hybridized carbons (Fsp3) is 0.467. The fourth-order valence-corrected chi connectivity index (χ4v) is 2.35. The van der Waals surface area contributed by atoms with Gasteiger partial charge in [0.25, 0.3) is 5.91 Å². The Morgan fingerprint density at radius 1 is 1.43 bits per heavy atom. The number of halogens is 1. The van der Waals surface area contributed by atoms with Gasteiger partial charge in [0, 0.05) is 26.1 Å². The maximum Gasteiger partial charge on any atom is 0.263 e. The number of ether oxygens (including phenoxy) is 1. The summed E-state index contributed by atoms with van der Waals surface area (Å²) in [7, 11) is 0. The molecule has 5 nitrogen and oxygen atoms in total. The van der Waals surface area contributed by atoms with Crippen LogP contribution >= 0.6 is 11.6 Å². The van der Waals surface area contributed by atoms with E-state index < -0.39 is 6.10 Å². The summed E-state index contributed by atoms with van der Waals surface area (Å²) in [6, 6.07) is 5.44. The molecule has 2 amide bonds. The van der Waals surface area contributed by atoms with E-state index in [-0.39, 0.29) is 11.8 Å². The van der Waals surface area contributed by atoms with Crippen LogP contribution in [-0.4, -0.2) is 42.5 Å². The second-order valence-corrected chi connectivity index (χ2v) is 5.53. The lowest BCUT2D eigenvalue weighted by Crippen LogP contribution is -2.42. The number of amides is 2. The highest BCUT2D eigenvalue weighted by molar-refractivity contribution is 6.32. The van der Waals surface area contributed by atoms with Crippen molar-refractivity contribution in [1.82, 2.24) is 10.2 Å². The average molecular weight is 311 g/mol. The minimum absolute atomic E-state index is 0.0272. The molecule has 1 N–H and O–H groups in total. The van der Waals surface area contributed by atoms with E-state index in [1.807, 2.05) is 13.0 Å². The molecule has 1 saturated heterocycles. The molecule has 1 fully saturated rings. The number of nitrogens with one attached hydrogen (secondary N) is 1. The van der Waals surface area contributed by atoms with Gasteiger partial charge in [0.15, 0.2) is 6.10 Å². The average Bonchev–Trinajstić information content (AvgIpc) is 2.67. The van der Waals surface area contributed by atoms with Crippen LogP contribution in [0.25, 0.3) is 0 Å². The quantitative estimate of drug-likeness (QED) is 0.925. The van der Waals surface area contributed by atoms with Crippen molar-refractivity contribution in [2.24, 2.45) is 0 Å². The highest BCUT2D eigenvalue weighted by Crippen LogP contribution is 2.26. The summed E-state index contributed by atoms with van der Waals surface area (Å²) < 4.78 is 5.68. The standard InChI is InChI=1S/C15H19ClN2O3/c1-10-3-4-12(16)13(9-10)21-11(2)15(20)18-7-5-14(19)17-6-8-18/h3-4,9,11H,5-8H2,1-2H3,(H,17,19)/t11-/m0/s1. The molecule has 1 atom stereocenters. The van der Waals surface area contributed by atoms with E-state index in [1.165, 1.54) is 0 Å². The highest BCUT2D eigenvalue weighted by Gasteiger charge is 2.24. The Balaban J connectivity index is 2.02. The van der Waals surface area contributed by atoms with Gasteiger partial charge in [0.05, 0.1) is 5.02 Å². The monoisotopic (exact) mass is 310 g/mol. The Bertz CT molecular complexity index is 548. The van der Waals surface area contributed by atoms with Gasteiger partial charge in [-0.15, -0.1) is 0 Å². The lowest BCUT2D eigenvalue weighted by Gasteiger charge is -2.24. The molecule has 1 aromatic rings. The SMILES string of the molecule is Cc1ccc(Cl)c(O[C@@H](C)C(=O)N2CCNC(=O)CC2)c1. The number of nitrogens with zero attached hydrogens (tertiary/aromatic N) is 1. The van der Waals surface area contributed by atoms with Crippen LogP contribution < -0.4 is 10.1 Å². The van der Waals surface area contributed by atoms with Gasteiger partial charge >= 0.3 is 0 Å². The van der Waals surface area contributed by atoms with Gasteiger partial charge in [-0.2, -0.15) is 0 Å². The lowest BCUT2D eigenvalue weighted by atomic mass is 10.2. The maximum atomic E-state index is 12.4. The molecule has 0 spiro atoms. The number of carbonyl (C=O) groups excluding carboxylic acids is 2. The van der Waals surface area contributed by atoms with Crippen molar-refractivity contribution < 1.29 is 14.3 Å². The van der Waals surface area contributed by atoms with Crippen molar-refractivity contribution in [1.29, 1.82) is 0 Å². The molecule has 1 aromatic carbocycles. The predicted octanol–water partition coefficient (Wildman–Crippen LogP) is 1.76. The van der Waals surface area contributed by atoms with Gasteiger partial charge in [-0.3, -0.25) is 9.59 Å². The van der Waals surface area contributed by atoms with Crippen LogP contribution in [0.2, 0.25) is 5.02 Å². The summed E-state index contributed by atoms with van der Waals surface area (Å²) in [6.07, 6.45) is -0.318. The second-order valence-electron chi connectivity index (χ2n) is 5.12. The van der Waals surface area contributed by atoms with Crippen LogP contribution in [0.1, 0.15) is 18.9 Å². The van der Waals surface area contributed by atoms with Crippen LogP contribution in [0.5, 0.6) is 5.75 Å². The fourth-order valence-electron chi connectivity index (χ4n) is 2.19. The molecule has 21 heavy (non-hydrogen) atoms. The third-order valence-electron chi connectivity index (χ3n) is 3.36. The zero-order valence-corrected chi connectivity index (χ0v) is 12.9. The Morgan fingerprint density at radius 2 is 2.19 bits per heavy atom. The van der Waals surface area contributed by atoms with Gasteiger partial charge in [-0.05, 0) is 31.5 Å². The largest absolute Gasteiger partial charge is 0.479 e. The van der Waals surface area contributed by atoms with Crippen LogP contribution in [0, 0.1) is 6.92 Å². The number of hydrogen-bond acceptors (Lipinski definition) is 3. The van der Waals surface area contributed by atoms with E-state index in [2.05, 4.69) is 5.32 Å². The molecular formula is C15H19ClN2O3. The van der Waals surface area contributed by atoms with E-state index in [1.54, 1.807) is 24.0 Å². The van der Waals surface area contributed by atoms with Crippen molar-refractivity contribution in [2.45, 2.75) is 26.4 Å². The van der Waals surface area contributed by atoms with Crippen molar-refractivity contribution in [3.05, 3.63) is 28.8 Å². The smallest absolute Gasteiger partial charge is 0.263 e. The molecule has 0 bridgehead atoms. The Kier molecular flexibility index (Phi) is 5.07. The molecule has 0 unspecified atom stereocenters. The zero-order valence-electron chi connectivity index (χ0n) is 12.2. The van der Waals surface area contributed by atoms with E-state index in [0.717, 1.165) is 5.56 Å². The molecule has 0 saturated carbocycles.